The second-order valence-electron chi connectivity index (χ2n) is 4.09. The van der Waals surface area contributed by atoms with Crippen molar-refractivity contribution in [2.75, 3.05) is 19.0 Å². The number of carbonyl (C=O) groups is 1. The molecular weight excluding hydrogens is 256 g/mol. The zero-order chi connectivity index (χ0) is 14.2. The van der Waals surface area contributed by atoms with Gasteiger partial charge in [0.05, 0.1) is 0 Å². The third kappa shape index (κ3) is 4.24. The van der Waals surface area contributed by atoms with Gasteiger partial charge in [-0.15, -0.1) is 0 Å². The van der Waals surface area contributed by atoms with E-state index in [0.717, 1.165) is 11.3 Å². The lowest BCUT2D eigenvalue weighted by Crippen LogP contribution is -2.24. The van der Waals surface area contributed by atoms with Gasteiger partial charge in [0.1, 0.15) is 12.1 Å². The number of rotatable bonds is 6. The fourth-order valence-electron chi connectivity index (χ4n) is 1.54. The van der Waals surface area contributed by atoms with Gasteiger partial charge in [-0.2, -0.15) is 0 Å². The topological polar surface area (TPSA) is 76.1 Å². The van der Waals surface area contributed by atoms with Crippen LogP contribution in [0.5, 0.6) is 5.75 Å². The maximum absolute atomic E-state index is 11.1. The average molecular weight is 272 g/mol. The number of benzene rings is 1. The van der Waals surface area contributed by atoms with E-state index in [2.05, 4.69) is 20.6 Å². The van der Waals surface area contributed by atoms with Crippen molar-refractivity contribution in [3.05, 3.63) is 48.5 Å². The molecule has 0 bridgehead atoms. The minimum absolute atomic E-state index is 0.00643. The Labute approximate surface area is 117 Å². The molecule has 6 heteroatoms. The van der Waals surface area contributed by atoms with Gasteiger partial charge in [0.2, 0.25) is 0 Å². The molecule has 6 nitrogen and oxygen atoms in total. The fraction of sp³-hybridized carbons (Fsp3) is 0.214. The molecule has 20 heavy (non-hydrogen) atoms. The van der Waals surface area contributed by atoms with Crippen molar-refractivity contribution in [2.45, 2.75) is 6.54 Å². The molecule has 0 spiro atoms. The Morgan fingerprint density at radius 2 is 2.10 bits per heavy atom. The summed E-state index contributed by atoms with van der Waals surface area (Å²) in [5.41, 5.74) is 1.90. The van der Waals surface area contributed by atoms with Crippen molar-refractivity contribution in [2.24, 2.45) is 0 Å². The van der Waals surface area contributed by atoms with Crippen molar-refractivity contribution in [1.29, 1.82) is 0 Å². The number of carbonyl (C=O) groups excluding carboxylic acids is 1. The normalized spacial score (nSPS) is 9.85. The summed E-state index contributed by atoms with van der Waals surface area (Å²) in [6, 6.07) is 7.44. The van der Waals surface area contributed by atoms with E-state index in [0.29, 0.717) is 12.3 Å². The SMILES string of the molecule is CNC(=O)COc1cccc(NCc2cncnc2)c1. The number of aromatic nitrogens is 2. The molecule has 0 aliphatic rings. The summed E-state index contributed by atoms with van der Waals surface area (Å²) in [4.78, 5) is 19.0. The smallest absolute Gasteiger partial charge is 0.257 e. The third-order valence-corrected chi connectivity index (χ3v) is 2.59. The van der Waals surface area contributed by atoms with Gasteiger partial charge < -0.3 is 15.4 Å². The van der Waals surface area contributed by atoms with Crippen molar-refractivity contribution < 1.29 is 9.53 Å². The second-order valence-corrected chi connectivity index (χ2v) is 4.09. The predicted molar refractivity (Wildman–Crippen MR) is 75.4 cm³/mol. The summed E-state index contributed by atoms with van der Waals surface area (Å²) >= 11 is 0. The fourth-order valence-corrected chi connectivity index (χ4v) is 1.54. The number of anilines is 1. The molecule has 0 aliphatic heterocycles. The van der Waals surface area contributed by atoms with E-state index in [1.54, 1.807) is 25.5 Å². The van der Waals surface area contributed by atoms with Gasteiger partial charge in [-0.05, 0) is 12.1 Å². The molecule has 0 aliphatic carbocycles. The molecule has 104 valence electrons. The Morgan fingerprint density at radius 1 is 1.30 bits per heavy atom. The quantitative estimate of drug-likeness (QED) is 0.826. The van der Waals surface area contributed by atoms with Crippen LogP contribution in [0.2, 0.25) is 0 Å². The highest BCUT2D eigenvalue weighted by Gasteiger charge is 2.01. The molecule has 0 fully saturated rings. The Kier molecular flexibility index (Phi) is 4.88. The van der Waals surface area contributed by atoms with Crippen LogP contribution in [0.15, 0.2) is 43.0 Å². The molecule has 0 radical (unpaired) electrons. The molecule has 0 atom stereocenters. The monoisotopic (exact) mass is 272 g/mol. The zero-order valence-corrected chi connectivity index (χ0v) is 11.2. The number of ether oxygens (including phenoxy) is 1. The highest BCUT2D eigenvalue weighted by molar-refractivity contribution is 5.77. The minimum Gasteiger partial charge on any atom is -0.484 e. The van der Waals surface area contributed by atoms with Gasteiger partial charge >= 0.3 is 0 Å². The largest absolute Gasteiger partial charge is 0.484 e. The van der Waals surface area contributed by atoms with Crippen LogP contribution in [0, 0.1) is 0 Å². The van der Waals surface area contributed by atoms with Gasteiger partial charge in [-0.25, -0.2) is 9.97 Å². The summed E-state index contributed by atoms with van der Waals surface area (Å²) in [5.74, 6) is 0.479. The first kappa shape index (κ1) is 13.8. The van der Waals surface area contributed by atoms with Crippen LogP contribution in [0.25, 0.3) is 0 Å². The van der Waals surface area contributed by atoms with Crippen molar-refractivity contribution >= 4 is 11.6 Å². The Bertz CT molecular complexity index is 560. The van der Waals surface area contributed by atoms with Crippen LogP contribution < -0.4 is 15.4 Å². The predicted octanol–water partition coefficient (Wildman–Crippen LogP) is 1.21. The molecule has 1 aromatic carbocycles. The number of hydrogen-bond donors (Lipinski definition) is 2. The lowest BCUT2D eigenvalue weighted by molar-refractivity contribution is -0.122. The number of nitrogens with zero attached hydrogens (tertiary/aromatic N) is 2. The highest BCUT2D eigenvalue weighted by atomic mass is 16.5. The van der Waals surface area contributed by atoms with E-state index in [-0.39, 0.29) is 12.5 Å². The average Bonchev–Trinajstić information content (AvgIpc) is 2.52. The van der Waals surface area contributed by atoms with E-state index in [1.807, 2.05) is 18.2 Å². The summed E-state index contributed by atoms with van der Waals surface area (Å²) < 4.78 is 5.37. The van der Waals surface area contributed by atoms with Crippen LogP contribution in [0.1, 0.15) is 5.56 Å². The van der Waals surface area contributed by atoms with Crippen molar-refractivity contribution in [1.82, 2.24) is 15.3 Å². The molecule has 2 N–H and O–H groups in total. The van der Waals surface area contributed by atoms with Gasteiger partial charge in [0, 0.05) is 43.3 Å². The standard InChI is InChI=1S/C14H16N4O2/c1-15-14(19)9-20-13-4-2-3-12(5-13)18-8-11-6-16-10-17-7-11/h2-7,10,18H,8-9H2,1H3,(H,15,19). The summed E-state index contributed by atoms with van der Waals surface area (Å²) in [5, 5.41) is 5.75. The summed E-state index contributed by atoms with van der Waals surface area (Å²) in [6.07, 6.45) is 5.01. The summed E-state index contributed by atoms with van der Waals surface area (Å²) in [6.45, 7) is 0.631. The number of amides is 1. The van der Waals surface area contributed by atoms with Crippen LogP contribution in [0.3, 0.4) is 0 Å². The van der Waals surface area contributed by atoms with E-state index < -0.39 is 0 Å². The van der Waals surface area contributed by atoms with Crippen molar-refractivity contribution in [3.8, 4) is 5.75 Å². The lowest BCUT2D eigenvalue weighted by Gasteiger charge is -2.09. The van der Waals surface area contributed by atoms with E-state index >= 15 is 0 Å². The van der Waals surface area contributed by atoms with Crippen LogP contribution in [-0.2, 0) is 11.3 Å². The molecule has 1 aromatic heterocycles. The Balaban J connectivity index is 1.90. The molecule has 0 saturated heterocycles. The first-order chi connectivity index (χ1) is 9.78. The van der Waals surface area contributed by atoms with Gasteiger partial charge in [0.15, 0.2) is 6.61 Å². The van der Waals surface area contributed by atoms with Crippen LogP contribution >= 0.6 is 0 Å². The van der Waals surface area contributed by atoms with Crippen LogP contribution in [0.4, 0.5) is 5.69 Å². The Morgan fingerprint density at radius 3 is 2.85 bits per heavy atom. The first-order valence-corrected chi connectivity index (χ1v) is 6.19. The van der Waals surface area contributed by atoms with Gasteiger partial charge in [-0.3, -0.25) is 4.79 Å². The number of nitrogens with one attached hydrogen (secondary N) is 2. The minimum atomic E-state index is -0.162. The van der Waals surface area contributed by atoms with Crippen LogP contribution in [-0.4, -0.2) is 29.5 Å². The van der Waals surface area contributed by atoms with Gasteiger partial charge in [0.25, 0.3) is 5.91 Å². The molecule has 0 saturated carbocycles. The molecular formula is C14H16N4O2. The molecule has 0 unspecified atom stereocenters. The summed E-state index contributed by atoms with van der Waals surface area (Å²) in [7, 11) is 1.58. The van der Waals surface area contributed by atoms with E-state index in [1.165, 1.54) is 6.33 Å². The Hall–Kier alpha value is -2.63. The molecule has 1 heterocycles. The van der Waals surface area contributed by atoms with Gasteiger partial charge in [-0.1, -0.05) is 6.07 Å². The van der Waals surface area contributed by atoms with E-state index in [4.69, 9.17) is 4.74 Å². The second kappa shape index (κ2) is 7.08. The number of likely N-dealkylation sites (N-methyl/N-ethyl adjacent to an activating group) is 1. The molecule has 2 aromatic rings. The highest BCUT2D eigenvalue weighted by Crippen LogP contribution is 2.17. The maximum atomic E-state index is 11.1. The maximum Gasteiger partial charge on any atom is 0.257 e. The van der Waals surface area contributed by atoms with E-state index in [9.17, 15) is 4.79 Å². The molecule has 2 rings (SSSR count). The first-order valence-electron chi connectivity index (χ1n) is 6.19. The zero-order valence-electron chi connectivity index (χ0n) is 11.2. The lowest BCUT2D eigenvalue weighted by atomic mass is 10.2. The third-order valence-electron chi connectivity index (χ3n) is 2.59. The molecule has 1 amide bonds. The number of hydrogen-bond acceptors (Lipinski definition) is 5. The van der Waals surface area contributed by atoms with Crippen molar-refractivity contribution in [3.63, 3.8) is 0 Å².